The Hall–Kier alpha value is -2.15. The summed E-state index contributed by atoms with van der Waals surface area (Å²) >= 11 is 0. The average molecular weight is 360 g/mol. The van der Waals surface area contributed by atoms with Gasteiger partial charge in [-0.15, -0.1) is 0 Å². The number of likely N-dealkylation sites (tertiary alicyclic amines) is 1. The van der Waals surface area contributed by atoms with E-state index < -0.39 is 0 Å². The predicted octanol–water partition coefficient (Wildman–Crippen LogP) is 1.01. The molecule has 7 heteroatoms. The zero-order chi connectivity index (χ0) is 18.4. The van der Waals surface area contributed by atoms with Crippen LogP contribution in [0.5, 0.6) is 0 Å². The largest absolute Gasteiger partial charge is 0.466 e. The molecule has 0 bridgehead atoms. The highest BCUT2D eigenvalue weighted by atomic mass is 16.5. The van der Waals surface area contributed by atoms with Gasteiger partial charge in [0.05, 0.1) is 19.1 Å². The highest BCUT2D eigenvalue weighted by Crippen LogP contribution is 2.19. The third-order valence-corrected chi connectivity index (χ3v) is 5.17. The number of piperidine rings is 1. The molecule has 2 saturated heterocycles. The molecular weight excluding hydrogens is 332 g/mol. The lowest BCUT2D eigenvalue weighted by molar-refractivity contribution is -0.151. The molecule has 0 N–H and O–H groups in total. The van der Waals surface area contributed by atoms with E-state index in [-0.39, 0.29) is 17.8 Å². The minimum absolute atomic E-state index is 0.0547. The smallest absolute Gasteiger partial charge is 0.309 e. The molecule has 26 heavy (non-hydrogen) atoms. The quantitative estimate of drug-likeness (QED) is 0.730. The lowest BCUT2D eigenvalue weighted by atomic mass is 9.97. The third-order valence-electron chi connectivity index (χ3n) is 5.17. The van der Waals surface area contributed by atoms with Crippen LogP contribution in [0.4, 0.5) is 5.82 Å². The van der Waals surface area contributed by atoms with Crippen LogP contribution in [0.25, 0.3) is 0 Å². The number of carbonyl (C=O) groups is 2. The van der Waals surface area contributed by atoms with Crippen LogP contribution in [0.15, 0.2) is 24.4 Å². The van der Waals surface area contributed by atoms with Crippen molar-refractivity contribution in [3.8, 4) is 0 Å². The summed E-state index contributed by atoms with van der Waals surface area (Å²) in [4.78, 5) is 35.1. The van der Waals surface area contributed by atoms with E-state index in [4.69, 9.17) is 4.74 Å². The number of esters is 1. The van der Waals surface area contributed by atoms with Gasteiger partial charge in [-0.2, -0.15) is 0 Å². The first-order chi connectivity index (χ1) is 12.7. The van der Waals surface area contributed by atoms with E-state index in [1.54, 1.807) is 0 Å². The van der Waals surface area contributed by atoms with Crippen molar-refractivity contribution >= 4 is 17.7 Å². The number of aromatic nitrogens is 1. The fourth-order valence-corrected chi connectivity index (χ4v) is 3.59. The fourth-order valence-electron chi connectivity index (χ4n) is 3.59. The van der Waals surface area contributed by atoms with Gasteiger partial charge in [-0.25, -0.2) is 4.98 Å². The van der Waals surface area contributed by atoms with Crippen molar-refractivity contribution < 1.29 is 14.3 Å². The van der Waals surface area contributed by atoms with Gasteiger partial charge in [0.25, 0.3) is 0 Å². The number of hydrogen-bond acceptors (Lipinski definition) is 6. The lowest BCUT2D eigenvalue weighted by Gasteiger charge is -2.37. The summed E-state index contributed by atoms with van der Waals surface area (Å²) in [5.74, 6) is 0.990. The van der Waals surface area contributed by atoms with E-state index in [1.165, 1.54) is 0 Å². The van der Waals surface area contributed by atoms with E-state index in [0.717, 1.165) is 32.0 Å². The third kappa shape index (κ3) is 4.72. The molecule has 142 valence electrons. The van der Waals surface area contributed by atoms with Crippen LogP contribution in [-0.4, -0.2) is 79.1 Å². The molecular formula is C19H28N4O3. The maximum Gasteiger partial charge on any atom is 0.309 e. The van der Waals surface area contributed by atoms with Gasteiger partial charge in [-0.1, -0.05) is 6.07 Å². The molecule has 0 saturated carbocycles. The van der Waals surface area contributed by atoms with Crippen LogP contribution in [0.3, 0.4) is 0 Å². The van der Waals surface area contributed by atoms with Crippen molar-refractivity contribution in [3.63, 3.8) is 0 Å². The molecule has 2 aliphatic heterocycles. The van der Waals surface area contributed by atoms with Gasteiger partial charge in [-0.3, -0.25) is 14.5 Å². The zero-order valence-corrected chi connectivity index (χ0v) is 15.5. The van der Waals surface area contributed by atoms with E-state index in [2.05, 4.69) is 14.8 Å². The lowest BCUT2D eigenvalue weighted by Crippen LogP contribution is -2.51. The highest BCUT2D eigenvalue weighted by molar-refractivity contribution is 5.79. The minimum atomic E-state index is -0.120. The second-order valence-corrected chi connectivity index (χ2v) is 6.86. The number of anilines is 1. The molecule has 2 fully saturated rings. The van der Waals surface area contributed by atoms with Crippen molar-refractivity contribution in [2.24, 2.45) is 5.92 Å². The van der Waals surface area contributed by atoms with E-state index >= 15 is 0 Å². The second-order valence-electron chi connectivity index (χ2n) is 6.86. The van der Waals surface area contributed by atoms with Crippen LogP contribution in [0, 0.1) is 5.92 Å². The summed E-state index contributed by atoms with van der Waals surface area (Å²) in [6.45, 7) is 7.49. The van der Waals surface area contributed by atoms with Crippen molar-refractivity contribution in [3.05, 3.63) is 24.4 Å². The van der Waals surface area contributed by atoms with Crippen LogP contribution in [0.1, 0.15) is 19.8 Å². The molecule has 0 atom stereocenters. The van der Waals surface area contributed by atoms with Crippen molar-refractivity contribution in [1.29, 1.82) is 0 Å². The number of amides is 1. The topological polar surface area (TPSA) is 66.0 Å². The first-order valence-electron chi connectivity index (χ1n) is 9.50. The summed E-state index contributed by atoms with van der Waals surface area (Å²) in [6.07, 6.45) is 3.22. The Morgan fingerprint density at radius 1 is 1.12 bits per heavy atom. The number of ether oxygens (including phenoxy) is 1. The summed E-state index contributed by atoms with van der Waals surface area (Å²) in [5, 5.41) is 0. The molecule has 0 aromatic carbocycles. The molecule has 0 aliphatic carbocycles. The maximum atomic E-state index is 12.6. The Balaban J connectivity index is 1.40. The molecule has 0 spiro atoms. The van der Waals surface area contributed by atoms with Gasteiger partial charge < -0.3 is 14.5 Å². The number of hydrogen-bond donors (Lipinski definition) is 0. The minimum Gasteiger partial charge on any atom is -0.466 e. The molecule has 3 heterocycles. The Kier molecular flexibility index (Phi) is 6.44. The normalized spacial score (nSPS) is 19.4. The summed E-state index contributed by atoms with van der Waals surface area (Å²) < 4.78 is 5.08. The predicted molar refractivity (Wildman–Crippen MR) is 98.8 cm³/mol. The maximum absolute atomic E-state index is 12.6. The first-order valence-corrected chi connectivity index (χ1v) is 9.50. The van der Waals surface area contributed by atoms with Gasteiger partial charge in [0, 0.05) is 45.5 Å². The molecule has 7 nitrogen and oxygen atoms in total. The zero-order valence-electron chi connectivity index (χ0n) is 15.5. The van der Waals surface area contributed by atoms with Crippen LogP contribution >= 0.6 is 0 Å². The average Bonchev–Trinajstić information content (AvgIpc) is 2.69. The van der Waals surface area contributed by atoms with Crippen molar-refractivity contribution in [2.45, 2.75) is 19.8 Å². The molecule has 1 aromatic rings. The van der Waals surface area contributed by atoms with Crippen LogP contribution < -0.4 is 4.90 Å². The molecule has 0 radical (unpaired) electrons. The first kappa shape index (κ1) is 18.6. The number of carbonyl (C=O) groups excluding carboxylic acids is 2. The summed E-state index contributed by atoms with van der Waals surface area (Å²) in [6, 6.07) is 5.94. The monoisotopic (exact) mass is 360 g/mol. The Bertz CT molecular complexity index is 594. The number of pyridine rings is 1. The Morgan fingerprint density at radius 3 is 2.46 bits per heavy atom. The Labute approximate surface area is 154 Å². The molecule has 0 unspecified atom stereocenters. The van der Waals surface area contributed by atoms with Crippen molar-refractivity contribution in [2.75, 3.05) is 57.3 Å². The van der Waals surface area contributed by atoms with Gasteiger partial charge >= 0.3 is 5.97 Å². The number of rotatable bonds is 5. The highest BCUT2D eigenvalue weighted by Gasteiger charge is 2.29. The molecule has 3 rings (SSSR count). The van der Waals surface area contributed by atoms with Gasteiger partial charge in [-0.05, 0) is 31.9 Å². The SMILES string of the molecule is CCOC(=O)C1CCN(C(=O)CN2CCN(c3ccccn3)CC2)CC1. The Morgan fingerprint density at radius 2 is 1.85 bits per heavy atom. The van der Waals surface area contributed by atoms with Gasteiger partial charge in [0.2, 0.25) is 5.91 Å². The summed E-state index contributed by atoms with van der Waals surface area (Å²) in [7, 11) is 0. The molecule has 1 amide bonds. The molecule has 2 aliphatic rings. The second kappa shape index (κ2) is 8.98. The fraction of sp³-hybridized carbons (Fsp3) is 0.632. The van der Waals surface area contributed by atoms with Crippen LogP contribution in [0.2, 0.25) is 0 Å². The van der Waals surface area contributed by atoms with Gasteiger partial charge in [0.1, 0.15) is 5.82 Å². The van der Waals surface area contributed by atoms with Crippen molar-refractivity contribution in [1.82, 2.24) is 14.8 Å². The van der Waals surface area contributed by atoms with E-state index in [9.17, 15) is 9.59 Å². The number of nitrogens with zero attached hydrogens (tertiary/aromatic N) is 4. The summed E-state index contributed by atoms with van der Waals surface area (Å²) in [5.41, 5.74) is 0. The van der Waals surface area contributed by atoms with E-state index in [1.807, 2.05) is 36.2 Å². The number of piperazine rings is 1. The molecule has 1 aromatic heterocycles. The standard InChI is InChI=1S/C19H28N4O3/c1-2-26-19(25)16-6-9-23(10-7-16)18(24)15-21-11-13-22(14-12-21)17-5-3-4-8-20-17/h3-5,8,16H,2,6-7,9-15H2,1H3. The van der Waals surface area contributed by atoms with E-state index in [0.29, 0.717) is 39.1 Å². The van der Waals surface area contributed by atoms with Gasteiger partial charge in [0.15, 0.2) is 0 Å². The van der Waals surface area contributed by atoms with Crippen LogP contribution in [-0.2, 0) is 14.3 Å².